The van der Waals surface area contributed by atoms with E-state index in [1.165, 1.54) is 21.3 Å². The van der Waals surface area contributed by atoms with Crippen LogP contribution >= 0.6 is 22.9 Å². The van der Waals surface area contributed by atoms with Crippen LogP contribution in [0.4, 0.5) is 10.8 Å². The molecule has 0 saturated heterocycles. The van der Waals surface area contributed by atoms with Crippen molar-refractivity contribution in [3.05, 3.63) is 52.2 Å². The number of hydrogen-bond donors (Lipinski definition) is 2. The van der Waals surface area contributed by atoms with E-state index in [1.807, 2.05) is 29.5 Å². The first-order valence-electron chi connectivity index (χ1n) is 6.90. The molecule has 0 unspecified atom stereocenters. The summed E-state index contributed by atoms with van der Waals surface area (Å²) in [7, 11) is 0. The Morgan fingerprint density at radius 1 is 1.10 bits per heavy atom. The van der Waals surface area contributed by atoms with Crippen LogP contribution in [0.15, 0.2) is 42.5 Å². The first kappa shape index (κ1) is 14.1. The Labute approximate surface area is 132 Å². The summed E-state index contributed by atoms with van der Waals surface area (Å²) in [6.45, 7) is 2.99. The SMILES string of the molecule is CCc1ccc(CNc2snc(N)c2-c2ccccc2)s1. The molecule has 0 aliphatic carbocycles. The minimum Gasteiger partial charge on any atom is -0.382 e. The predicted molar refractivity (Wildman–Crippen MR) is 93.0 cm³/mol. The molecule has 0 bridgehead atoms. The molecular weight excluding hydrogens is 298 g/mol. The van der Waals surface area contributed by atoms with Gasteiger partial charge in [-0.3, -0.25) is 0 Å². The number of aryl methyl sites for hydroxylation is 1. The Morgan fingerprint density at radius 2 is 1.86 bits per heavy atom. The van der Waals surface area contributed by atoms with Crippen molar-refractivity contribution in [3.63, 3.8) is 0 Å². The molecule has 3 aromatic rings. The number of nitrogens with one attached hydrogen (secondary N) is 1. The number of hydrogen-bond acceptors (Lipinski definition) is 5. The fraction of sp³-hybridized carbons (Fsp3) is 0.188. The second-order valence-corrected chi connectivity index (χ2v) is 6.74. The highest BCUT2D eigenvalue weighted by molar-refractivity contribution is 7.12. The molecule has 108 valence electrons. The van der Waals surface area contributed by atoms with Gasteiger partial charge in [-0.1, -0.05) is 37.3 Å². The van der Waals surface area contributed by atoms with Gasteiger partial charge in [0.05, 0.1) is 12.1 Å². The monoisotopic (exact) mass is 315 g/mol. The number of benzene rings is 1. The molecule has 1 aromatic carbocycles. The van der Waals surface area contributed by atoms with E-state index in [1.54, 1.807) is 0 Å². The maximum atomic E-state index is 6.03. The Bertz CT molecular complexity index is 716. The van der Waals surface area contributed by atoms with E-state index >= 15 is 0 Å². The predicted octanol–water partition coefficient (Wildman–Crippen LogP) is 4.63. The number of aromatic nitrogens is 1. The Balaban J connectivity index is 1.80. The molecule has 0 aliphatic rings. The zero-order valence-electron chi connectivity index (χ0n) is 11.8. The van der Waals surface area contributed by atoms with Crippen LogP contribution in [0.2, 0.25) is 0 Å². The number of anilines is 2. The standard InChI is InChI=1S/C16H17N3S2/c1-2-12-8-9-13(20-12)10-18-16-14(15(17)19-21-16)11-6-4-3-5-7-11/h3-9,18H,2,10H2,1H3,(H2,17,19). The number of thiophene rings is 1. The van der Waals surface area contributed by atoms with Gasteiger partial charge in [-0.2, -0.15) is 4.37 Å². The minimum atomic E-state index is 0.592. The molecule has 21 heavy (non-hydrogen) atoms. The van der Waals surface area contributed by atoms with Gasteiger partial charge in [0.2, 0.25) is 0 Å². The van der Waals surface area contributed by atoms with E-state index in [2.05, 4.69) is 40.9 Å². The Morgan fingerprint density at radius 3 is 2.57 bits per heavy atom. The molecule has 2 heterocycles. The average Bonchev–Trinajstić information content (AvgIpc) is 3.12. The maximum Gasteiger partial charge on any atom is 0.147 e. The van der Waals surface area contributed by atoms with E-state index in [4.69, 9.17) is 5.73 Å². The molecule has 3 N–H and O–H groups in total. The lowest BCUT2D eigenvalue weighted by atomic mass is 10.1. The summed E-state index contributed by atoms with van der Waals surface area (Å²) in [5, 5.41) is 4.51. The first-order chi connectivity index (χ1) is 10.3. The third-order valence-corrected chi connectivity index (χ3v) is 5.32. The quantitative estimate of drug-likeness (QED) is 0.722. The van der Waals surface area contributed by atoms with Crippen molar-refractivity contribution in [2.24, 2.45) is 0 Å². The second-order valence-electron chi connectivity index (χ2n) is 4.71. The van der Waals surface area contributed by atoms with Crippen molar-refractivity contribution < 1.29 is 0 Å². The summed E-state index contributed by atoms with van der Waals surface area (Å²) in [4.78, 5) is 2.75. The van der Waals surface area contributed by atoms with Crippen LogP contribution in [0.3, 0.4) is 0 Å². The zero-order chi connectivity index (χ0) is 14.7. The smallest absolute Gasteiger partial charge is 0.147 e. The van der Waals surface area contributed by atoms with Crippen LogP contribution in [0.1, 0.15) is 16.7 Å². The first-order valence-corrected chi connectivity index (χ1v) is 8.49. The number of nitrogens with two attached hydrogens (primary N) is 1. The van der Waals surface area contributed by atoms with Gasteiger partial charge in [0.1, 0.15) is 10.8 Å². The summed E-state index contributed by atoms with van der Waals surface area (Å²) in [6, 6.07) is 14.5. The molecule has 0 atom stereocenters. The van der Waals surface area contributed by atoms with Gasteiger partial charge >= 0.3 is 0 Å². The Kier molecular flexibility index (Phi) is 4.22. The third-order valence-electron chi connectivity index (χ3n) is 3.27. The number of nitrogens with zero attached hydrogens (tertiary/aromatic N) is 1. The largest absolute Gasteiger partial charge is 0.382 e. The lowest BCUT2D eigenvalue weighted by molar-refractivity contribution is 1.19. The third kappa shape index (κ3) is 3.09. The summed E-state index contributed by atoms with van der Waals surface area (Å²) in [6.07, 6.45) is 1.09. The van der Waals surface area contributed by atoms with E-state index in [0.717, 1.165) is 29.1 Å². The van der Waals surface area contributed by atoms with E-state index < -0.39 is 0 Å². The highest BCUT2D eigenvalue weighted by atomic mass is 32.1. The van der Waals surface area contributed by atoms with Crippen molar-refractivity contribution in [2.45, 2.75) is 19.9 Å². The normalized spacial score (nSPS) is 10.7. The molecule has 0 amide bonds. The highest BCUT2D eigenvalue weighted by Gasteiger charge is 2.13. The van der Waals surface area contributed by atoms with Crippen LogP contribution in [-0.2, 0) is 13.0 Å². The van der Waals surface area contributed by atoms with Crippen LogP contribution < -0.4 is 11.1 Å². The van der Waals surface area contributed by atoms with Gasteiger partial charge in [-0.25, -0.2) is 0 Å². The average molecular weight is 315 g/mol. The van der Waals surface area contributed by atoms with Crippen molar-refractivity contribution >= 4 is 33.7 Å². The molecule has 0 fully saturated rings. The van der Waals surface area contributed by atoms with Crippen LogP contribution in [-0.4, -0.2) is 4.37 Å². The summed E-state index contributed by atoms with van der Waals surface area (Å²) in [5.41, 5.74) is 8.14. The second kappa shape index (κ2) is 6.28. The molecule has 2 aromatic heterocycles. The van der Waals surface area contributed by atoms with Crippen molar-refractivity contribution in [1.82, 2.24) is 4.37 Å². The van der Waals surface area contributed by atoms with Gasteiger partial charge < -0.3 is 11.1 Å². The molecule has 5 heteroatoms. The van der Waals surface area contributed by atoms with Crippen molar-refractivity contribution in [2.75, 3.05) is 11.1 Å². The lowest BCUT2D eigenvalue weighted by Gasteiger charge is -2.06. The molecule has 0 saturated carbocycles. The van der Waals surface area contributed by atoms with Gasteiger partial charge in [-0.05, 0) is 35.6 Å². The molecule has 3 nitrogen and oxygen atoms in total. The topological polar surface area (TPSA) is 50.9 Å². The molecule has 0 spiro atoms. The van der Waals surface area contributed by atoms with Gasteiger partial charge in [0.15, 0.2) is 0 Å². The molecule has 0 radical (unpaired) electrons. The molecule has 0 aliphatic heterocycles. The fourth-order valence-electron chi connectivity index (χ4n) is 2.18. The van der Waals surface area contributed by atoms with E-state index in [0.29, 0.717) is 5.82 Å². The highest BCUT2D eigenvalue weighted by Crippen LogP contribution is 2.37. The summed E-state index contributed by atoms with van der Waals surface area (Å²) >= 11 is 3.27. The van der Waals surface area contributed by atoms with Crippen molar-refractivity contribution in [1.29, 1.82) is 0 Å². The minimum absolute atomic E-state index is 0.592. The summed E-state index contributed by atoms with van der Waals surface area (Å²) < 4.78 is 4.29. The van der Waals surface area contributed by atoms with Crippen LogP contribution in [0.5, 0.6) is 0 Å². The van der Waals surface area contributed by atoms with E-state index in [9.17, 15) is 0 Å². The van der Waals surface area contributed by atoms with Crippen molar-refractivity contribution in [3.8, 4) is 11.1 Å². The fourth-order valence-corrected chi connectivity index (χ4v) is 3.81. The number of nitrogen functional groups attached to an aromatic ring is 1. The van der Waals surface area contributed by atoms with Crippen LogP contribution in [0.25, 0.3) is 11.1 Å². The van der Waals surface area contributed by atoms with Gasteiger partial charge in [0, 0.05) is 9.75 Å². The van der Waals surface area contributed by atoms with E-state index in [-0.39, 0.29) is 0 Å². The van der Waals surface area contributed by atoms with Gasteiger partial charge in [0.25, 0.3) is 0 Å². The maximum absolute atomic E-state index is 6.03. The van der Waals surface area contributed by atoms with Crippen LogP contribution in [0, 0.1) is 0 Å². The molecular formula is C16H17N3S2. The summed E-state index contributed by atoms with van der Waals surface area (Å²) in [5.74, 6) is 0.592. The zero-order valence-corrected chi connectivity index (χ0v) is 13.4. The lowest BCUT2D eigenvalue weighted by Crippen LogP contribution is -1.97. The Hall–Kier alpha value is -1.85. The van der Waals surface area contributed by atoms with Gasteiger partial charge in [-0.15, -0.1) is 11.3 Å². The number of rotatable bonds is 5. The molecule has 3 rings (SSSR count).